The van der Waals surface area contributed by atoms with E-state index >= 15 is 0 Å². The Balaban J connectivity index is 1.70. The van der Waals surface area contributed by atoms with Crippen LogP contribution in [-0.4, -0.2) is 12.1 Å². The average Bonchev–Trinajstić information content (AvgIpc) is 3.10. The number of hydrogen-bond donors (Lipinski definition) is 1. The molecule has 0 unspecified atom stereocenters. The summed E-state index contributed by atoms with van der Waals surface area (Å²) in [6.07, 6.45) is 1.32. The second-order valence-corrected chi connectivity index (χ2v) is 6.55. The van der Waals surface area contributed by atoms with Crippen LogP contribution in [0.25, 0.3) is 11.3 Å². The third kappa shape index (κ3) is 4.30. The number of nitrogens with zero attached hydrogens (tertiary/aromatic N) is 2. The highest BCUT2D eigenvalue weighted by molar-refractivity contribution is 9.10. The fourth-order valence-corrected chi connectivity index (χ4v) is 3.06. The number of rotatable bonds is 4. The molecular formula is C20H13BrFN3O2. The number of carbonyl (C=O) groups excluding carboxylic acids is 1. The van der Waals surface area contributed by atoms with E-state index in [-0.39, 0.29) is 11.1 Å². The summed E-state index contributed by atoms with van der Waals surface area (Å²) in [6, 6.07) is 14.8. The van der Waals surface area contributed by atoms with Gasteiger partial charge in [0.15, 0.2) is 0 Å². The van der Waals surface area contributed by atoms with Gasteiger partial charge >= 0.3 is 0 Å². The molecule has 1 N–H and O–H groups in total. The van der Waals surface area contributed by atoms with Crippen molar-refractivity contribution in [2.24, 2.45) is 5.10 Å². The fourth-order valence-electron chi connectivity index (χ4n) is 2.37. The summed E-state index contributed by atoms with van der Waals surface area (Å²) in [6.45, 7) is 1.99. The molecule has 0 saturated heterocycles. The van der Waals surface area contributed by atoms with E-state index in [0.29, 0.717) is 11.5 Å². The van der Waals surface area contributed by atoms with Crippen LogP contribution in [0.4, 0.5) is 4.39 Å². The maximum atomic E-state index is 13.8. The van der Waals surface area contributed by atoms with E-state index in [1.165, 1.54) is 18.3 Å². The first kappa shape index (κ1) is 18.5. The van der Waals surface area contributed by atoms with Gasteiger partial charge in [-0.05, 0) is 55.0 Å². The van der Waals surface area contributed by atoms with E-state index < -0.39 is 11.7 Å². The van der Waals surface area contributed by atoms with E-state index in [1.54, 1.807) is 18.2 Å². The molecule has 0 aliphatic rings. The summed E-state index contributed by atoms with van der Waals surface area (Å²) >= 11 is 3.50. The Bertz CT molecular complexity index is 1080. The summed E-state index contributed by atoms with van der Waals surface area (Å²) in [5.74, 6) is -0.432. The molecule has 1 aromatic heterocycles. The van der Waals surface area contributed by atoms with Gasteiger partial charge in [-0.25, -0.2) is 9.82 Å². The van der Waals surface area contributed by atoms with Crippen LogP contribution in [0, 0.1) is 24.1 Å². The van der Waals surface area contributed by atoms with Gasteiger partial charge in [0.1, 0.15) is 17.3 Å². The van der Waals surface area contributed by atoms with Gasteiger partial charge in [0.25, 0.3) is 5.91 Å². The van der Waals surface area contributed by atoms with Crippen molar-refractivity contribution in [2.45, 2.75) is 6.92 Å². The minimum Gasteiger partial charge on any atom is -0.455 e. The van der Waals surface area contributed by atoms with Gasteiger partial charge < -0.3 is 4.42 Å². The predicted octanol–water partition coefficient (Wildman–Crippen LogP) is 4.79. The van der Waals surface area contributed by atoms with Crippen LogP contribution in [0.1, 0.15) is 27.2 Å². The van der Waals surface area contributed by atoms with Crippen molar-refractivity contribution in [2.75, 3.05) is 0 Å². The average molecular weight is 426 g/mol. The Hall–Kier alpha value is -3.24. The second kappa shape index (κ2) is 7.98. The molecule has 0 aliphatic carbocycles. The first-order valence-corrected chi connectivity index (χ1v) is 8.66. The van der Waals surface area contributed by atoms with Gasteiger partial charge in [-0.1, -0.05) is 22.0 Å². The molecule has 0 atom stereocenters. The minimum atomic E-state index is -0.786. The Kier molecular flexibility index (Phi) is 5.48. The molecule has 5 nitrogen and oxygen atoms in total. The maximum Gasteiger partial charge on any atom is 0.274 e. The summed E-state index contributed by atoms with van der Waals surface area (Å²) in [4.78, 5) is 12.0. The molecule has 0 aliphatic heterocycles. The third-order valence-electron chi connectivity index (χ3n) is 3.72. The molecule has 0 fully saturated rings. The smallest absolute Gasteiger partial charge is 0.274 e. The molecule has 2 aromatic carbocycles. The molecule has 134 valence electrons. The quantitative estimate of drug-likeness (QED) is 0.481. The predicted molar refractivity (Wildman–Crippen MR) is 103 cm³/mol. The van der Waals surface area contributed by atoms with Crippen LogP contribution in [-0.2, 0) is 0 Å². The fraction of sp³-hybridized carbons (Fsp3) is 0.0500. The van der Waals surface area contributed by atoms with Crippen molar-refractivity contribution in [3.8, 4) is 17.4 Å². The first-order chi connectivity index (χ1) is 13.0. The van der Waals surface area contributed by atoms with Crippen molar-refractivity contribution in [1.82, 2.24) is 5.43 Å². The lowest BCUT2D eigenvalue weighted by atomic mass is 10.1. The highest BCUT2D eigenvalue weighted by atomic mass is 79.9. The number of aryl methyl sites for hydroxylation is 1. The Morgan fingerprint density at radius 2 is 2.07 bits per heavy atom. The number of carbonyl (C=O) groups is 1. The molecule has 1 amide bonds. The Morgan fingerprint density at radius 1 is 1.26 bits per heavy atom. The SMILES string of the molecule is Cc1ccc(-c2ccc(C=NNC(=O)c3ccc(C#N)cc3F)o2)c(Br)c1. The van der Waals surface area contributed by atoms with Gasteiger partial charge in [0.05, 0.1) is 23.4 Å². The molecule has 0 bridgehead atoms. The van der Waals surface area contributed by atoms with Gasteiger partial charge in [0.2, 0.25) is 0 Å². The van der Waals surface area contributed by atoms with E-state index in [1.807, 2.05) is 25.1 Å². The van der Waals surface area contributed by atoms with Crippen LogP contribution in [0.2, 0.25) is 0 Å². The number of nitrogens with one attached hydrogen (secondary N) is 1. The standard InChI is InChI=1S/C20H13BrFN3O2/c1-12-2-5-15(17(21)8-12)19-7-4-14(27-19)11-24-25-20(26)16-6-3-13(10-23)9-18(16)22/h2-9,11H,1H3,(H,25,26). The lowest BCUT2D eigenvalue weighted by Gasteiger charge is -2.02. The highest BCUT2D eigenvalue weighted by Crippen LogP contribution is 2.30. The molecule has 3 aromatic rings. The van der Waals surface area contributed by atoms with Crippen LogP contribution in [0.3, 0.4) is 0 Å². The van der Waals surface area contributed by atoms with Crippen LogP contribution >= 0.6 is 15.9 Å². The number of benzene rings is 2. The minimum absolute atomic E-state index is 0.137. The van der Waals surface area contributed by atoms with E-state index in [0.717, 1.165) is 21.7 Å². The summed E-state index contributed by atoms with van der Waals surface area (Å²) in [7, 11) is 0. The maximum absolute atomic E-state index is 13.8. The van der Waals surface area contributed by atoms with Gasteiger partial charge in [-0.3, -0.25) is 4.79 Å². The van der Waals surface area contributed by atoms with Crippen molar-refractivity contribution in [1.29, 1.82) is 5.26 Å². The number of halogens is 2. The molecule has 3 rings (SSSR count). The summed E-state index contributed by atoms with van der Waals surface area (Å²) in [5.41, 5.74) is 4.18. The zero-order valence-corrected chi connectivity index (χ0v) is 15.7. The van der Waals surface area contributed by atoms with Crippen molar-refractivity contribution < 1.29 is 13.6 Å². The molecule has 0 saturated carbocycles. The lowest BCUT2D eigenvalue weighted by Crippen LogP contribution is -2.19. The topological polar surface area (TPSA) is 78.4 Å². The third-order valence-corrected chi connectivity index (χ3v) is 4.37. The zero-order valence-electron chi connectivity index (χ0n) is 14.2. The monoisotopic (exact) mass is 425 g/mol. The first-order valence-electron chi connectivity index (χ1n) is 7.87. The van der Waals surface area contributed by atoms with Crippen LogP contribution < -0.4 is 5.43 Å². The number of nitriles is 1. The van der Waals surface area contributed by atoms with Crippen LogP contribution in [0.15, 0.2) is 62.5 Å². The number of hydrogen-bond acceptors (Lipinski definition) is 4. The summed E-state index contributed by atoms with van der Waals surface area (Å²) in [5, 5.41) is 12.5. The highest BCUT2D eigenvalue weighted by Gasteiger charge is 2.12. The number of hydrazone groups is 1. The number of amides is 1. The number of furan rings is 1. The van der Waals surface area contributed by atoms with Gasteiger partial charge in [-0.2, -0.15) is 10.4 Å². The second-order valence-electron chi connectivity index (χ2n) is 5.69. The lowest BCUT2D eigenvalue weighted by molar-refractivity contribution is 0.0951. The zero-order chi connectivity index (χ0) is 19.4. The van der Waals surface area contributed by atoms with Crippen LogP contribution in [0.5, 0.6) is 0 Å². The molecular weight excluding hydrogens is 413 g/mol. The van der Waals surface area contributed by atoms with Gasteiger partial charge in [-0.15, -0.1) is 0 Å². The normalized spacial score (nSPS) is 10.7. The Morgan fingerprint density at radius 3 is 2.78 bits per heavy atom. The van der Waals surface area contributed by atoms with Crippen molar-refractivity contribution in [3.05, 3.63) is 81.3 Å². The molecule has 0 radical (unpaired) electrons. The van der Waals surface area contributed by atoms with Crippen molar-refractivity contribution in [3.63, 3.8) is 0 Å². The molecule has 1 heterocycles. The van der Waals surface area contributed by atoms with E-state index in [2.05, 4.69) is 26.5 Å². The summed E-state index contributed by atoms with van der Waals surface area (Å²) < 4.78 is 20.4. The molecule has 27 heavy (non-hydrogen) atoms. The Labute approximate surface area is 163 Å². The molecule has 0 spiro atoms. The molecule has 7 heteroatoms. The van der Waals surface area contributed by atoms with E-state index in [9.17, 15) is 9.18 Å². The van der Waals surface area contributed by atoms with Gasteiger partial charge in [0, 0.05) is 10.0 Å². The largest absolute Gasteiger partial charge is 0.455 e. The van der Waals surface area contributed by atoms with Crippen molar-refractivity contribution >= 4 is 28.1 Å². The van der Waals surface area contributed by atoms with E-state index in [4.69, 9.17) is 9.68 Å².